The van der Waals surface area contributed by atoms with Crippen LogP contribution in [0.4, 0.5) is 5.69 Å². The Balaban J connectivity index is 2.13. The zero-order valence-corrected chi connectivity index (χ0v) is 19.0. The lowest BCUT2D eigenvalue weighted by molar-refractivity contribution is -0.156. The van der Waals surface area contributed by atoms with Gasteiger partial charge in [0.1, 0.15) is 5.75 Å². The van der Waals surface area contributed by atoms with E-state index in [1.807, 2.05) is 55.4 Å². The summed E-state index contributed by atoms with van der Waals surface area (Å²) in [6.07, 6.45) is 0. The molecule has 0 aromatic heterocycles. The van der Waals surface area contributed by atoms with E-state index in [0.717, 1.165) is 16.1 Å². The van der Waals surface area contributed by atoms with Gasteiger partial charge in [-0.25, -0.2) is 0 Å². The van der Waals surface area contributed by atoms with Gasteiger partial charge >= 0.3 is 5.97 Å². The Kier molecular flexibility index (Phi) is 6.95. The van der Waals surface area contributed by atoms with Gasteiger partial charge in [0, 0.05) is 24.9 Å². The minimum absolute atomic E-state index is 0.411. The fourth-order valence-corrected chi connectivity index (χ4v) is 5.05. The van der Waals surface area contributed by atoms with Gasteiger partial charge in [-0.1, -0.05) is 35.9 Å². The summed E-state index contributed by atoms with van der Waals surface area (Å²) in [7, 11) is 5.45. The molecule has 0 N–H and O–H groups in total. The third-order valence-corrected chi connectivity index (χ3v) is 6.78. The molecule has 0 aliphatic carbocycles. The first-order valence-electron chi connectivity index (χ1n) is 9.51. The summed E-state index contributed by atoms with van der Waals surface area (Å²) >= 11 is 8.31. The van der Waals surface area contributed by atoms with Crippen LogP contribution in [0.25, 0.3) is 0 Å². The lowest BCUT2D eigenvalue weighted by Gasteiger charge is -2.34. The van der Waals surface area contributed by atoms with Crippen molar-refractivity contribution in [1.82, 2.24) is 4.90 Å². The van der Waals surface area contributed by atoms with Crippen molar-refractivity contribution in [2.24, 2.45) is 0 Å². The van der Waals surface area contributed by atoms with E-state index in [1.54, 1.807) is 24.1 Å². The number of fused-ring (bicyclic) bond motifs is 1. The maximum absolute atomic E-state index is 13.7. The maximum atomic E-state index is 13.7. The van der Waals surface area contributed by atoms with Crippen molar-refractivity contribution in [1.29, 1.82) is 0 Å². The number of nitrogens with zero attached hydrogens (tertiary/aromatic N) is 2. The molecule has 2 atom stereocenters. The SMILES string of the molecule is COc1ccc([C@@H]2Sc3ccccc3N(CCN(C)C)C(=O)[C@]2(Cl)OC(C)=O)cc1. The highest BCUT2D eigenvalue weighted by atomic mass is 35.5. The highest BCUT2D eigenvalue weighted by molar-refractivity contribution is 8.00. The summed E-state index contributed by atoms with van der Waals surface area (Å²) in [6, 6.07) is 14.9. The number of carbonyl (C=O) groups is 2. The topological polar surface area (TPSA) is 59.1 Å². The van der Waals surface area contributed by atoms with Crippen molar-refractivity contribution in [2.45, 2.75) is 22.1 Å². The Morgan fingerprint density at radius 1 is 1.20 bits per heavy atom. The van der Waals surface area contributed by atoms with Gasteiger partial charge in [0.05, 0.1) is 18.0 Å². The number of anilines is 1. The number of alkyl halides is 1. The minimum Gasteiger partial charge on any atom is -0.497 e. The van der Waals surface area contributed by atoms with Crippen LogP contribution in [-0.2, 0) is 14.3 Å². The number of halogens is 1. The number of para-hydroxylation sites is 1. The number of ether oxygens (including phenoxy) is 2. The second-order valence-electron chi connectivity index (χ2n) is 7.24. The Bertz CT molecular complexity index is 922. The normalized spacial score (nSPS) is 21.2. The van der Waals surface area contributed by atoms with E-state index in [4.69, 9.17) is 21.1 Å². The molecule has 160 valence electrons. The molecule has 0 spiro atoms. The first-order chi connectivity index (χ1) is 14.3. The average Bonchev–Trinajstić information content (AvgIpc) is 2.80. The second kappa shape index (κ2) is 9.29. The van der Waals surface area contributed by atoms with Gasteiger partial charge in [-0.3, -0.25) is 9.59 Å². The number of benzene rings is 2. The molecule has 0 saturated heterocycles. The standard InChI is InChI=1S/C22H25ClN2O4S/c1-15(26)29-22(23)20(16-9-11-17(28-4)12-10-16)30-19-8-6-5-7-18(19)25(21(22)27)14-13-24(2)3/h5-12,20H,13-14H2,1-4H3/t20-,22+/m0/s1. The molecule has 1 amide bonds. The first-order valence-corrected chi connectivity index (χ1v) is 10.8. The van der Waals surface area contributed by atoms with Crippen molar-refractivity contribution in [3.63, 3.8) is 0 Å². The van der Waals surface area contributed by atoms with Crippen LogP contribution < -0.4 is 9.64 Å². The van der Waals surface area contributed by atoms with Gasteiger partial charge in [-0.05, 0) is 43.9 Å². The highest BCUT2D eigenvalue weighted by Crippen LogP contribution is 2.53. The Hall–Kier alpha value is -2.22. The number of hydrogen-bond acceptors (Lipinski definition) is 6. The first kappa shape index (κ1) is 22.5. The molecule has 3 rings (SSSR count). The van der Waals surface area contributed by atoms with Crippen LogP contribution in [0.5, 0.6) is 5.75 Å². The summed E-state index contributed by atoms with van der Waals surface area (Å²) in [5.74, 6) is -0.389. The van der Waals surface area contributed by atoms with Crippen LogP contribution in [0.2, 0.25) is 0 Å². The monoisotopic (exact) mass is 448 g/mol. The smallest absolute Gasteiger partial charge is 0.304 e. The molecule has 0 fully saturated rings. The van der Waals surface area contributed by atoms with E-state index in [0.29, 0.717) is 18.8 Å². The number of likely N-dealkylation sites (N-methyl/N-ethyl adjacent to an activating group) is 1. The van der Waals surface area contributed by atoms with Gasteiger partial charge < -0.3 is 19.3 Å². The molecule has 0 bridgehead atoms. The van der Waals surface area contributed by atoms with Crippen LogP contribution in [0, 0.1) is 0 Å². The van der Waals surface area contributed by atoms with E-state index in [-0.39, 0.29) is 0 Å². The third-order valence-electron chi connectivity index (χ3n) is 4.76. The van der Waals surface area contributed by atoms with Crippen molar-refractivity contribution in [3.8, 4) is 5.75 Å². The van der Waals surface area contributed by atoms with E-state index in [1.165, 1.54) is 18.7 Å². The Morgan fingerprint density at radius 2 is 1.87 bits per heavy atom. The van der Waals surface area contributed by atoms with Crippen LogP contribution in [0.3, 0.4) is 0 Å². The van der Waals surface area contributed by atoms with E-state index in [2.05, 4.69) is 0 Å². The highest BCUT2D eigenvalue weighted by Gasteiger charge is 2.53. The summed E-state index contributed by atoms with van der Waals surface area (Å²) < 4.78 is 10.8. The Morgan fingerprint density at radius 3 is 2.47 bits per heavy atom. The minimum atomic E-state index is -1.89. The number of rotatable bonds is 6. The van der Waals surface area contributed by atoms with Crippen LogP contribution in [0.15, 0.2) is 53.4 Å². The predicted octanol–water partition coefficient (Wildman–Crippen LogP) is 3.94. The molecule has 0 unspecified atom stereocenters. The number of amides is 1. The second-order valence-corrected chi connectivity index (χ2v) is 8.95. The number of esters is 1. The van der Waals surface area contributed by atoms with Gasteiger partial charge in [-0.15, -0.1) is 11.8 Å². The molecule has 30 heavy (non-hydrogen) atoms. The molecule has 8 heteroatoms. The number of thioether (sulfide) groups is 1. The zero-order chi connectivity index (χ0) is 21.9. The molecule has 2 aromatic carbocycles. The molecule has 6 nitrogen and oxygen atoms in total. The van der Waals surface area contributed by atoms with Crippen LogP contribution >= 0.6 is 23.4 Å². The van der Waals surface area contributed by atoms with E-state index >= 15 is 0 Å². The predicted molar refractivity (Wildman–Crippen MR) is 119 cm³/mol. The van der Waals surface area contributed by atoms with Gasteiger partial charge in [0.2, 0.25) is 0 Å². The van der Waals surface area contributed by atoms with Crippen molar-refractivity contribution >= 4 is 40.9 Å². The number of hydrogen-bond donors (Lipinski definition) is 0. The summed E-state index contributed by atoms with van der Waals surface area (Å²) in [6.45, 7) is 2.30. The van der Waals surface area contributed by atoms with Gasteiger partial charge in [-0.2, -0.15) is 0 Å². The van der Waals surface area contributed by atoms with Crippen molar-refractivity contribution < 1.29 is 19.1 Å². The number of methoxy groups -OCH3 is 1. The molecule has 0 radical (unpaired) electrons. The van der Waals surface area contributed by atoms with E-state index in [9.17, 15) is 9.59 Å². The molecule has 1 heterocycles. The quantitative estimate of drug-likeness (QED) is 0.493. The molecular formula is C22H25ClN2O4S. The average molecular weight is 449 g/mol. The summed E-state index contributed by atoms with van der Waals surface area (Å²) in [4.78, 5) is 30.2. The molecule has 1 aliphatic heterocycles. The van der Waals surface area contributed by atoms with Crippen LogP contribution in [0.1, 0.15) is 17.7 Å². The lowest BCUT2D eigenvalue weighted by atomic mass is 10.0. The summed E-state index contributed by atoms with van der Waals surface area (Å²) in [5, 5.41) is -2.54. The molecule has 1 aliphatic rings. The third kappa shape index (κ3) is 4.58. The number of carbonyl (C=O) groups excluding carboxylic acids is 2. The zero-order valence-electron chi connectivity index (χ0n) is 17.4. The largest absolute Gasteiger partial charge is 0.497 e. The Labute approximate surface area is 186 Å². The van der Waals surface area contributed by atoms with Gasteiger partial charge in [0.15, 0.2) is 0 Å². The van der Waals surface area contributed by atoms with Crippen LogP contribution in [-0.4, -0.2) is 56.1 Å². The molecular weight excluding hydrogens is 424 g/mol. The van der Waals surface area contributed by atoms with Gasteiger partial charge in [0.25, 0.3) is 11.0 Å². The molecule has 2 aromatic rings. The molecule has 0 saturated carbocycles. The summed E-state index contributed by atoms with van der Waals surface area (Å²) in [5.41, 5.74) is 1.51. The fraction of sp³-hybridized carbons (Fsp3) is 0.364. The van der Waals surface area contributed by atoms with E-state index < -0.39 is 22.2 Å². The van der Waals surface area contributed by atoms with Crippen molar-refractivity contribution in [3.05, 3.63) is 54.1 Å². The lowest BCUT2D eigenvalue weighted by Crippen LogP contribution is -2.51. The maximum Gasteiger partial charge on any atom is 0.304 e. The fourth-order valence-electron chi connectivity index (χ4n) is 3.28. The van der Waals surface area contributed by atoms with Crippen molar-refractivity contribution in [2.75, 3.05) is 39.2 Å².